The van der Waals surface area contributed by atoms with Gasteiger partial charge in [0.05, 0.1) is 0 Å². The SMILES string of the molecule is N#C/C(=C/c1cn(Cc2cccc3ccccc23)c2ccccc12)C(=O)Nc1ccc(Cl)cc1. The normalized spacial score (nSPS) is 11.5. The van der Waals surface area contributed by atoms with Gasteiger partial charge in [0.1, 0.15) is 11.6 Å². The summed E-state index contributed by atoms with van der Waals surface area (Å²) in [4.78, 5) is 12.8. The number of aromatic nitrogens is 1. The number of nitriles is 1. The molecule has 0 spiro atoms. The van der Waals surface area contributed by atoms with Crippen LogP contribution in [0.3, 0.4) is 0 Å². The quantitative estimate of drug-likeness (QED) is 0.225. The number of para-hydroxylation sites is 1. The van der Waals surface area contributed by atoms with Crippen LogP contribution in [0.1, 0.15) is 11.1 Å². The Morgan fingerprint density at radius 2 is 1.62 bits per heavy atom. The molecule has 0 fully saturated rings. The summed E-state index contributed by atoms with van der Waals surface area (Å²) >= 11 is 5.91. The van der Waals surface area contributed by atoms with Gasteiger partial charge in [-0.05, 0) is 52.7 Å². The van der Waals surface area contributed by atoms with Gasteiger partial charge in [0.25, 0.3) is 5.91 Å². The molecule has 0 atom stereocenters. The van der Waals surface area contributed by atoms with Gasteiger partial charge in [0, 0.05) is 39.9 Å². The molecule has 0 bridgehead atoms. The van der Waals surface area contributed by atoms with Crippen LogP contribution in [0.2, 0.25) is 5.02 Å². The molecule has 1 amide bonds. The molecule has 5 rings (SSSR count). The monoisotopic (exact) mass is 461 g/mol. The van der Waals surface area contributed by atoms with Crippen LogP contribution in [0.15, 0.2) is 103 Å². The summed E-state index contributed by atoms with van der Waals surface area (Å²) in [5.74, 6) is -0.462. The number of anilines is 1. The first-order valence-electron chi connectivity index (χ1n) is 10.9. The number of amides is 1. The number of benzene rings is 4. The highest BCUT2D eigenvalue weighted by atomic mass is 35.5. The maximum Gasteiger partial charge on any atom is 0.266 e. The number of carbonyl (C=O) groups excluding carboxylic acids is 1. The zero-order valence-corrected chi connectivity index (χ0v) is 19.0. The van der Waals surface area contributed by atoms with Crippen molar-refractivity contribution in [3.63, 3.8) is 0 Å². The lowest BCUT2D eigenvalue weighted by Crippen LogP contribution is -2.13. The van der Waals surface area contributed by atoms with Crippen molar-refractivity contribution in [2.24, 2.45) is 0 Å². The standard InChI is InChI=1S/C29H20ClN3O/c30-24-12-14-25(15-13-24)32-29(34)22(17-31)16-23-19-33(28-11-4-3-10-27(23)28)18-21-8-5-7-20-6-1-2-9-26(20)21/h1-16,19H,18H2,(H,32,34)/b22-16-. The number of nitrogens with zero attached hydrogens (tertiary/aromatic N) is 2. The van der Waals surface area contributed by atoms with E-state index in [9.17, 15) is 10.1 Å². The van der Waals surface area contributed by atoms with E-state index in [1.54, 1.807) is 30.3 Å². The predicted molar refractivity (Wildman–Crippen MR) is 139 cm³/mol. The van der Waals surface area contributed by atoms with E-state index in [-0.39, 0.29) is 5.57 Å². The molecule has 0 saturated carbocycles. The first kappa shape index (κ1) is 21.5. The van der Waals surface area contributed by atoms with Crippen LogP contribution in [-0.4, -0.2) is 10.5 Å². The highest BCUT2D eigenvalue weighted by Gasteiger charge is 2.13. The second-order valence-electron chi connectivity index (χ2n) is 8.00. The second kappa shape index (κ2) is 9.27. The molecule has 0 aliphatic carbocycles. The Morgan fingerprint density at radius 1 is 0.912 bits per heavy atom. The molecule has 5 aromatic rings. The van der Waals surface area contributed by atoms with E-state index < -0.39 is 5.91 Å². The Hall–Kier alpha value is -4.33. The smallest absolute Gasteiger partial charge is 0.266 e. The van der Waals surface area contributed by atoms with Crippen LogP contribution >= 0.6 is 11.6 Å². The summed E-state index contributed by atoms with van der Waals surface area (Å²) in [6.07, 6.45) is 3.65. The van der Waals surface area contributed by atoms with E-state index in [0.29, 0.717) is 17.3 Å². The summed E-state index contributed by atoms with van der Waals surface area (Å²) in [6.45, 7) is 0.675. The van der Waals surface area contributed by atoms with Gasteiger partial charge in [-0.2, -0.15) is 5.26 Å². The van der Waals surface area contributed by atoms with Gasteiger partial charge in [-0.3, -0.25) is 4.79 Å². The molecular formula is C29H20ClN3O. The average Bonchev–Trinajstić information content (AvgIpc) is 3.21. The van der Waals surface area contributed by atoms with E-state index in [2.05, 4.69) is 46.3 Å². The topological polar surface area (TPSA) is 57.8 Å². The molecule has 0 saturated heterocycles. The third kappa shape index (κ3) is 4.30. The zero-order chi connectivity index (χ0) is 23.5. The van der Waals surface area contributed by atoms with Crippen LogP contribution in [0.5, 0.6) is 0 Å². The lowest BCUT2D eigenvalue weighted by atomic mass is 10.0. The summed E-state index contributed by atoms with van der Waals surface area (Å²) in [5.41, 5.74) is 3.67. The molecule has 0 radical (unpaired) electrons. The third-order valence-electron chi connectivity index (χ3n) is 5.81. The van der Waals surface area contributed by atoms with Gasteiger partial charge in [0.2, 0.25) is 0 Å². The van der Waals surface area contributed by atoms with Crippen molar-refractivity contribution >= 4 is 50.9 Å². The molecule has 164 valence electrons. The van der Waals surface area contributed by atoms with Crippen LogP contribution in [0.4, 0.5) is 5.69 Å². The van der Waals surface area contributed by atoms with Crippen LogP contribution < -0.4 is 5.32 Å². The van der Waals surface area contributed by atoms with Gasteiger partial charge in [-0.15, -0.1) is 0 Å². The van der Waals surface area contributed by atoms with E-state index in [0.717, 1.165) is 16.5 Å². The van der Waals surface area contributed by atoms with Gasteiger partial charge >= 0.3 is 0 Å². The molecule has 0 aliphatic heterocycles. The maximum atomic E-state index is 12.8. The molecule has 4 nitrogen and oxygen atoms in total. The van der Waals surface area contributed by atoms with Crippen molar-refractivity contribution in [1.82, 2.24) is 4.57 Å². The second-order valence-corrected chi connectivity index (χ2v) is 8.44. The summed E-state index contributed by atoms with van der Waals surface area (Å²) in [5, 5.41) is 16.4. The lowest BCUT2D eigenvalue weighted by Gasteiger charge is -2.09. The van der Waals surface area contributed by atoms with Crippen LogP contribution in [0, 0.1) is 11.3 Å². The highest BCUT2D eigenvalue weighted by molar-refractivity contribution is 6.30. The molecule has 1 N–H and O–H groups in total. The minimum absolute atomic E-state index is 0.0306. The maximum absolute atomic E-state index is 12.8. The van der Waals surface area contributed by atoms with E-state index in [1.165, 1.54) is 16.3 Å². The summed E-state index contributed by atoms with van der Waals surface area (Å²) in [7, 11) is 0. The van der Waals surface area contributed by atoms with Gasteiger partial charge in [-0.1, -0.05) is 72.3 Å². The molecule has 0 unspecified atom stereocenters. The molecule has 0 aliphatic rings. The number of fused-ring (bicyclic) bond motifs is 2. The number of carbonyl (C=O) groups is 1. The van der Waals surface area contributed by atoms with Crippen molar-refractivity contribution in [2.75, 3.05) is 5.32 Å². The minimum Gasteiger partial charge on any atom is -0.342 e. The molecular weight excluding hydrogens is 442 g/mol. The Labute approximate surface area is 202 Å². The Bertz CT molecular complexity index is 1580. The van der Waals surface area contributed by atoms with Crippen molar-refractivity contribution in [1.29, 1.82) is 5.26 Å². The van der Waals surface area contributed by atoms with E-state index >= 15 is 0 Å². The first-order valence-corrected chi connectivity index (χ1v) is 11.2. The number of hydrogen-bond donors (Lipinski definition) is 1. The number of rotatable bonds is 5. The van der Waals surface area contributed by atoms with Crippen molar-refractivity contribution in [3.05, 3.63) is 119 Å². The molecule has 5 heteroatoms. The van der Waals surface area contributed by atoms with Crippen molar-refractivity contribution in [3.8, 4) is 6.07 Å². The van der Waals surface area contributed by atoms with Gasteiger partial charge < -0.3 is 9.88 Å². The van der Waals surface area contributed by atoms with Crippen LogP contribution in [-0.2, 0) is 11.3 Å². The number of hydrogen-bond acceptors (Lipinski definition) is 2. The van der Waals surface area contributed by atoms with Crippen molar-refractivity contribution in [2.45, 2.75) is 6.54 Å². The fourth-order valence-corrected chi connectivity index (χ4v) is 4.30. The average molecular weight is 462 g/mol. The molecule has 34 heavy (non-hydrogen) atoms. The van der Waals surface area contributed by atoms with Crippen molar-refractivity contribution < 1.29 is 4.79 Å². The Balaban J connectivity index is 1.51. The summed E-state index contributed by atoms with van der Waals surface area (Å²) < 4.78 is 2.16. The lowest BCUT2D eigenvalue weighted by molar-refractivity contribution is -0.112. The summed E-state index contributed by atoms with van der Waals surface area (Å²) in [6, 6.07) is 31.5. The Morgan fingerprint density at radius 3 is 2.41 bits per heavy atom. The highest BCUT2D eigenvalue weighted by Crippen LogP contribution is 2.27. The first-order chi connectivity index (χ1) is 16.6. The van der Waals surface area contributed by atoms with Gasteiger partial charge in [0.15, 0.2) is 0 Å². The van der Waals surface area contributed by atoms with Crippen LogP contribution in [0.25, 0.3) is 27.8 Å². The van der Waals surface area contributed by atoms with Gasteiger partial charge in [-0.25, -0.2) is 0 Å². The van der Waals surface area contributed by atoms with E-state index in [1.807, 2.05) is 42.6 Å². The third-order valence-corrected chi connectivity index (χ3v) is 6.06. The fraction of sp³-hybridized carbons (Fsp3) is 0.0345. The van der Waals surface area contributed by atoms with E-state index in [4.69, 9.17) is 11.6 Å². The molecule has 1 heterocycles. The largest absolute Gasteiger partial charge is 0.342 e. The number of halogens is 1. The fourth-order valence-electron chi connectivity index (χ4n) is 4.17. The predicted octanol–water partition coefficient (Wildman–Crippen LogP) is 7.04. The zero-order valence-electron chi connectivity index (χ0n) is 18.2. The minimum atomic E-state index is -0.462. The number of nitrogens with one attached hydrogen (secondary N) is 1. The molecule has 1 aromatic heterocycles. The Kier molecular flexibility index (Phi) is 5.86. The molecule has 4 aromatic carbocycles.